The van der Waals surface area contributed by atoms with Crippen molar-refractivity contribution in [2.75, 3.05) is 0 Å². The number of hydrogen-bond donors (Lipinski definition) is 1. The molecule has 0 amide bonds. The minimum Gasteiger partial charge on any atom is -0.508 e. The Kier molecular flexibility index (Phi) is 5.39. The van der Waals surface area contributed by atoms with Gasteiger partial charge in [0.1, 0.15) is 17.2 Å². The molecular weight excluding hydrogens is 376 g/mol. The molecular formula is C26H18O4. The van der Waals surface area contributed by atoms with E-state index in [4.69, 9.17) is 4.74 Å². The first-order chi connectivity index (χ1) is 14.6. The summed E-state index contributed by atoms with van der Waals surface area (Å²) >= 11 is 0. The van der Waals surface area contributed by atoms with Crippen molar-refractivity contribution in [2.45, 2.75) is 0 Å². The number of aromatic hydroxyl groups is 1. The molecule has 4 aromatic rings. The normalized spacial score (nSPS) is 10.4. The Labute approximate surface area is 174 Å². The second kappa shape index (κ2) is 8.45. The van der Waals surface area contributed by atoms with Gasteiger partial charge in [-0.15, -0.1) is 0 Å². The molecule has 0 unspecified atom stereocenters. The molecule has 4 heteroatoms. The lowest BCUT2D eigenvalue weighted by atomic mass is 10.0. The van der Waals surface area contributed by atoms with Crippen LogP contribution in [0.5, 0.6) is 17.2 Å². The molecule has 1 N–H and O–H groups in total. The van der Waals surface area contributed by atoms with Crippen LogP contribution in [0.4, 0.5) is 0 Å². The molecule has 4 nitrogen and oxygen atoms in total. The quantitative estimate of drug-likeness (QED) is 0.430. The van der Waals surface area contributed by atoms with Crippen molar-refractivity contribution in [2.24, 2.45) is 0 Å². The number of carbonyl (C=O) groups excluding carboxylic acids is 2. The molecule has 0 saturated carbocycles. The molecule has 30 heavy (non-hydrogen) atoms. The van der Waals surface area contributed by atoms with Crippen LogP contribution in [0.25, 0.3) is 0 Å². The van der Waals surface area contributed by atoms with E-state index in [-0.39, 0.29) is 17.3 Å². The van der Waals surface area contributed by atoms with E-state index in [0.29, 0.717) is 33.8 Å². The molecule has 0 atom stereocenters. The molecule has 0 aliphatic heterocycles. The van der Waals surface area contributed by atoms with E-state index < -0.39 is 0 Å². The number of ketones is 2. The van der Waals surface area contributed by atoms with E-state index in [1.807, 2.05) is 18.2 Å². The zero-order valence-electron chi connectivity index (χ0n) is 16.0. The number of phenols is 1. The number of para-hydroxylation sites is 1. The molecule has 0 heterocycles. The first-order valence-electron chi connectivity index (χ1n) is 9.42. The maximum Gasteiger partial charge on any atom is 0.196 e. The molecule has 0 radical (unpaired) electrons. The van der Waals surface area contributed by atoms with Crippen LogP contribution in [-0.2, 0) is 0 Å². The average molecular weight is 394 g/mol. The summed E-state index contributed by atoms with van der Waals surface area (Å²) in [6.07, 6.45) is 0. The van der Waals surface area contributed by atoms with E-state index in [1.54, 1.807) is 72.8 Å². The van der Waals surface area contributed by atoms with Gasteiger partial charge in [0.05, 0.1) is 5.56 Å². The average Bonchev–Trinajstić information content (AvgIpc) is 2.80. The Balaban J connectivity index is 1.55. The summed E-state index contributed by atoms with van der Waals surface area (Å²) in [4.78, 5) is 25.4. The summed E-state index contributed by atoms with van der Waals surface area (Å²) in [5.41, 5.74) is 2.04. The highest BCUT2D eigenvalue weighted by Crippen LogP contribution is 2.28. The molecule has 0 aliphatic carbocycles. The molecule has 0 spiro atoms. The second-order valence-electron chi connectivity index (χ2n) is 6.69. The Bertz CT molecular complexity index is 1180. The van der Waals surface area contributed by atoms with E-state index in [1.165, 1.54) is 12.1 Å². The van der Waals surface area contributed by atoms with E-state index >= 15 is 0 Å². The van der Waals surface area contributed by atoms with Gasteiger partial charge >= 0.3 is 0 Å². The van der Waals surface area contributed by atoms with Gasteiger partial charge in [0.25, 0.3) is 0 Å². The third-order valence-corrected chi connectivity index (χ3v) is 4.64. The third kappa shape index (κ3) is 4.13. The van der Waals surface area contributed by atoms with Crippen molar-refractivity contribution in [1.82, 2.24) is 0 Å². The van der Waals surface area contributed by atoms with Crippen molar-refractivity contribution in [3.05, 3.63) is 125 Å². The van der Waals surface area contributed by atoms with Gasteiger partial charge in [-0.2, -0.15) is 0 Å². The van der Waals surface area contributed by atoms with Crippen LogP contribution in [0, 0.1) is 0 Å². The maximum atomic E-state index is 12.8. The highest BCUT2D eigenvalue weighted by Gasteiger charge is 2.15. The third-order valence-electron chi connectivity index (χ3n) is 4.64. The van der Waals surface area contributed by atoms with Crippen molar-refractivity contribution < 1.29 is 19.4 Å². The van der Waals surface area contributed by atoms with Gasteiger partial charge in [-0.05, 0) is 60.7 Å². The summed E-state index contributed by atoms with van der Waals surface area (Å²) in [6, 6.07) is 28.9. The number of hydrogen-bond acceptors (Lipinski definition) is 4. The lowest BCUT2D eigenvalue weighted by molar-refractivity contribution is 0.103. The van der Waals surface area contributed by atoms with E-state index in [0.717, 1.165) is 0 Å². The van der Waals surface area contributed by atoms with Gasteiger partial charge < -0.3 is 9.84 Å². The van der Waals surface area contributed by atoms with Crippen molar-refractivity contribution >= 4 is 11.6 Å². The second-order valence-corrected chi connectivity index (χ2v) is 6.69. The van der Waals surface area contributed by atoms with E-state index in [9.17, 15) is 14.7 Å². The molecule has 0 aromatic heterocycles. The topological polar surface area (TPSA) is 63.6 Å². The first-order valence-corrected chi connectivity index (χ1v) is 9.42. The Morgan fingerprint density at radius 2 is 1.10 bits per heavy atom. The van der Waals surface area contributed by atoms with Crippen molar-refractivity contribution in [3.8, 4) is 17.2 Å². The van der Waals surface area contributed by atoms with Gasteiger partial charge in [0.15, 0.2) is 11.6 Å². The summed E-state index contributed by atoms with van der Waals surface area (Å²) in [5.74, 6) is 0.806. The lowest BCUT2D eigenvalue weighted by Gasteiger charge is -2.11. The minimum absolute atomic E-state index is 0.110. The minimum atomic E-state index is -0.152. The first kappa shape index (κ1) is 19.2. The van der Waals surface area contributed by atoms with Crippen LogP contribution in [-0.4, -0.2) is 16.7 Å². The fourth-order valence-corrected chi connectivity index (χ4v) is 3.07. The standard InChI is InChI=1S/C26H18O4/c27-21-14-10-19(11-15-21)25(28)20-12-16-22(17-13-20)30-24-9-5-4-8-23(24)26(29)18-6-2-1-3-7-18/h1-17,27H. The summed E-state index contributed by atoms with van der Waals surface area (Å²) in [7, 11) is 0. The van der Waals surface area contributed by atoms with Gasteiger partial charge in [0.2, 0.25) is 0 Å². The Hall–Kier alpha value is -4.18. The maximum absolute atomic E-state index is 12.8. The smallest absolute Gasteiger partial charge is 0.196 e. The number of phenolic OH excluding ortho intramolecular Hbond substituents is 1. The van der Waals surface area contributed by atoms with Gasteiger partial charge in [-0.25, -0.2) is 0 Å². The van der Waals surface area contributed by atoms with Crippen molar-refractivity contribution in [3.63, 3.8) is 0 Å². The lowest BCUT2D eigenvalue weighted by Crippen LogP contribution is -2.03. The van der Waals surface area contributed by atoms with Gasteiger partial charge in [-0.1, -0.05) is 42.5 Å². The monoisotopic (exact) mass is 394 g/mol. The number of ether oxygens (including phenoxy) is 1. The summed E-state index contributed by atoms with van der Waals surface area (Å²) in [5, 5.41) is 9.37. The fraction of sp³-hybridized carbons (Fsp3) is 0. The highest BCUT2D eigenvalue weighted by molar-refractivity contribution is 6.11. The Morgan fingerprint density at radius 3 is 1.77 bits per heavy atom. The van der Waals surface area contributed by atoms with Crippen LogP contribution in [0.2, 0.25) is 0 Å². The van der Waals surface area contributed by atoms with Crippen molar-refractivity contribution in [1.29, 1.82) is 0 Å². The van der Waals surface area contributed by atoms with Crippen LogP contribution in [0.15, 0.2) is 103 Å². The number of carbonyl (C=O) groups is 2. The van der Waals surface area contributed by atoms with Crippen LogP contribution < -0.4 is 4.74 Å². The zero-order chi connectivity index (χ0) is 20.9. The molecule has 4 rings (SSSR count). The zero-order valence-corrected chi connectivity index (χ0v) is 16.0. The SMILES string of the molecule is O=C(c1ccc(O)cc1)c1ccc(Oc2ccccc2C(=O)c2ccccc2)cc1. The van der Waals surface area contributed by atoms with Crippen LogP contribution >= 0.6 is 0 Å². The molecule has 146 valence electrons. The van der Waals surface area contributed by atoms with Crippen LogP contribution in [0.1, 0.15) is 31.8 Å². The predicted octanol–water partition coefficient (Wildman–Crippen LogP) is 5.65. The predicted molar refractivity (Wildman–Crippen MR) is 114 cm³/mol. The number of benzene rings is 4. The fourth-order valence-electron chi connectivity index (χ4n) is 3.07. The highest BCUT2D eigenvalue weighted by atomic mass is 16.5. The van der Waals surface area contributed by atoms with Gasteiger partial charge in [-0.3, -0.25) is 9.59 Å². The van der Waals surface area contributed by atoms with Crippen LogP contribution in [0.3, 0.4) is 0 Å². The molecule has 0 saturated heterocycles. The van der Waals surface area contributed by atoms with Gasteiger partial charge in [0, 0.05) is 16.7 Å². The largest absolute Gasteiger partial charge is 0.508 e. The molecule has 0 bridgehead atoms. The molecule has 0 fully saturated rings. The molecule has 0 aliphatic rings. The van der Waals surface area contributed by atoms with E-state index in [2.05, 4.69) is 0 Å². The Morgan fingerprint density at radius 1 is 0.567 bits per heavy atom. The summed E-state index contributed by atoms with van der Waals surface area (Å²) < 4.78 is 5.94. The summed E-state index contributed by atoms with van der Waals surface area (Å²) in [6.45, 7) is 0. The number of rotatable bonds is 6. The molecule has 4 aromatic carbocycles.